The average Bonchev–Trinajstić information content (AvgIpc) is 2.69. The number of aromatic hydroxyl groups is 1. The van der Waals surface area contributed by atoms with Crippen molar-refractivity contribution in [1.82, 2.24) is 4.90 Å². The van der Waals surface area contributed by atoms with Crippen LogP contribution in [-0.4, -0.2) is 61.0 Å². The number of carbonyl (C=O) groups is 1. The van der Waals surface area contributed by atoms with E-state index in [-0.39, 0.29) is 17.9 Å². The van der Waals surface area contributed by atoms with Crippen LogP contribution < -0.4 is 4.74 Å². The molecule has 6 nitrogen and oxygen atoms in total. The zero-order valence-corrected chi connectivity index (χ0v) is 17.2. The predicted molar refractivity (Wildman–Crippen MR) is 112 cm³/mol. The Morgan fingerprint density at radius 1 is 1.24 bits per heavy atom. The van der Waals surface area contributed by atoms with Crippen molar-refractivity contribution in [2.24, 2.45) is 0 Å². The van der Waals surface area contributed by atoms with Crippen LogP contribution >= 0.6 is 0 Å². The highest BCUT2D eigenvalue weighted by molar-refractivity contribution is 6.08. The van der Waals surface area contributed by atoms with Gasteiger partial charge in [-0.15, -0.1) is 0 Å². The van der Waals surface area contributed by atoms with Crippen molar-refractivity contribution < 1.29 is 24.1 Å². The van der Waals surface area contributed by atoms with E-state index in [2.05, 4.69) is 4.90 Å². The number of morpholine rings is 1. The average molecular weight is 397 g/mol. The molecule has 0 aliphatic carbocycles. The smallest absolute Gasteiger partial charge is 0.342 e. The van der Waals surface area contributed by atoms with E-state index in [1.54, 1.807) is 0 Å². The van der Waals surface area contributed by atoms with Gasteiger partial charge in [0.1, 0.15) is 29.3 Å². The third-order valence-corrected chi connectivity index (χ3v) is 5.39. The fraction of sp³-hybridized carbons (Fsp3) is 0.435. The summed E-state index contributed by atoms with van der Waals surface area (Å²) in [5, 5.41) is 12.3. The van der Waals surface area contributed by atoms with Crippen LogP contribution in [0.25, 0.3) is 16.8 Å². The van der Waals surface area contributed by atoms with E-state index in [1.165, 1.54) is 0 Å². The normalized spacial score (nSPS) is 18.3. The van der Waals surface area contributed by atoms with Crippen molar-refractivity contribution in [1.29, 1.82) is 0 Å². The molecule has 1 saturated heterocycles. The van der Waals surface area contributed by atoms with Crippen LogP contribution in [0.15, 0.2) is 24.3 Å². The zero-order chi connectivity index (χ0) is 20.6. The second kappa shape index (κ2) is 7.69. The van der Waals surface area contributed by atoms with Gasteiger partial charge >= 0.3 is 5.97 Å². The van der Waals surface area contributed by atoms with E-state index >= 15 is 0 Å². The Kier molecular flexibility index (Phi) is 5.23. The summed E-state index contributed by atoms with van der Waals surface area (Å²) >= 11 is 0. The Balaban J connectivity index is 1.67. The first-order valence-electron chi connectivity index (χ1n) is 10.0. The monoisotopic (exact) mass is 397 g/mol. The number of phenols is 1. The summed E-state index contributed by atoms with van der Waals surface area (Å²) in [6.45, 7) is 9.83. The lowest BCUT2D eigenvalue weighted by atomic mass is 9.92. The van der Waals surface area contributed by atoms with Crippen molar-refractivity contribution in [3.63, 3.8) is 0 Å². The van der Waals surface area contributed by atoms with Gasteiger partial charge in [-0.25, -0.2) is 4.79 Å². The molecule has 2 aliphatic rings. The molecule has 0 radical (unpaired) electrons. The lowest BCUT2D eigenvalue weighted by molar-refractivity contribution is 0.0194. The van der Waals surface area contributed by atoms with Crippen molar-refractivity contribution in [2.45, 2.75) is 26.4 Å². The minimum atomic E-state index is -0.539. The maximum atomic E-state index is 13.0. The van der Waals surface area contributed by atoms with Crippen LogP contribution in [0.5, 0.6) is 11.5 Å². The van der Waals surface area contributed by atoms with Gasteiger partial charge < -0.3 is 19.3 Å². The van der Waals surface area contributed by atoms with Crippen LogP contribution in [0.3, 0.4) is 0 Å². The third-order valence-electron chi connectivity index (χ3n) is 5.39. The first-order chi connectivity index (χ1) is 13.9. The van der Waals surface area contributed by atoms with Crippen LogP contribution in [0.4, 0.5) is 0 Å². The standard InChI is InChI=1S/C23H27NO5/c1-15-4-5-16-18(14-15)20(25)19(17-6-7-23(2,3)29-21(16)17)22(26)28-13-10-24-8-11-27-12-9-24/h4-7,14,25H,8-13H2,1-3H3. The summed E-state index contributed by atoms with van der Waals surface area (Å²) in [6, 6.07) is 5.76. The molecule has 2 aromatic rings. The Labute approximate surface area is 170 Å². The number of ether oxygens (including phenoxy) is 3. The van der Waals surface area contributed by atoms with Gasteiger partial charge in [0, 0.05) is 36.0 Å². The second-order valence-electron chi connectivity index (χ2n) is 8.14. The maximum absolute atomic E-state index is 13.0. The molecule has 2 aliphatic heterocycles. The van der Waals surface area contributed by atoms with E-state index in [1.807, 2.05) is 51.1 Å². The number of aryl methyl sites for hydroxylation is 1. The highest BCUT2D eigenvalue weighted by Crippen LogP contribution is 2.45. The van der Waals surface area contributed by atoms with Gasteiger partial charge in [0.15, 0.2) is 0 Å². The molecular formula is C23H27NO5. The number of nitrogens with zero attached hydrogens (tertiary/aromatic N) is 1. The molecule has 6 heteroatoms. The predicted octanol–water partition coefficient (Wildman–Crippen LogP) is 3.53. The minimum Gasteiger partial charge on any atom is -0.506 e. The van der Waals surface area contributed by atoms with Crippen molar-refractivity contribution in [2.75, 3.05) is 39.5 Å². The van der Waals surface area contributed by atoms with Gasteiger partial charge in [-0.1, -0.05) is 23.8 Å². The zero-order valence-electron chi connectivity index (χ0n) is 17.2. The van der Waals surface area contributed by atoms with Crippen molar-refractivity contribution in [3.05, 3.63) is 41.0 Å². The molecule has 0 bridgehead atoms. The Hall–Kier alpha value is -2.57. The number of hydrogen-bond donors (Lipinski definition) is 1. The molecule has 0 spiro atoms. The van der Waals surface area contributed by atoms with Crippen LogP contribution in [0, 0.1) is 6.92 Å². The summed E-state index contributed by atoms with van der Waals surface area (Å²) in [4.78, 5) is 15.2. The van der Waals surface area contributed by atoms with Crippen molar-refractivity contribution >= 4 is 22.8 Å². The van der Waals surface area contributed by atoms with Gasteiger partial charge in [0.25, 0.3) is 0 Å². The summed E-state index contributed by atoms with van der Waals surface area (Å²) in [5.41, 5.74) is 1.21. The maximum Gasteiger partial charge on any atom is 0.342 e. The molecule has 0 aromatic heterocycles. The van der Waals surface area contributed by atoms with E-state index < -0.39 is 11.6 Å². The van der Waals surface area contributed by atoms with E-state index in [0.29, 0.717) is 36.5 Å². The minimum absolute atomic E-state index is 0.0632. The molecule has 0 atom stereocenters. The Morgan fingerprint density at radius 2 is 2.00 bits per heavy atom. The quantitative estimate of drug-likeness (QED) is 0.796. The molecule has 154 valence electrons. The number of fused-ring (bicyclic) bond motifs is 3. The number of phenolic OH excluding ortho intramolecular Hbond substituents is 1. The number of rotatable bonds is 4. The first kappa shape index (κ1) is 19.7. The van der Waals surface area contributed by atoms with Crippen LogP contribution in [-0.2, 0) is 9.47 Å². The SMILES string of the molecule is Cc1ccc2c3c(c(C(=O)OCCN4CCOCC4)c(O)c2c1)C=CC(C)(C)O3. The third kappa shape index (κ3) is 3.95. The van der Waals surface area contributed by atoms with Gasteiger partial charge in [-0.2, -0.15) is 0 Å². The van der Waals surface area contributed by atoms with Crippen molar-refractivity contribution in [3.8, 4) is 11.5 Å². The van der Waals surface area contributed by atoms with E-state index in [0.717, 1.165) is 24.0 Å². The molecule has 29 heavy (non-hydrogen) atoms. The molecule has 2 aromatic carbocycles. The van der Waals surface area contributed by atoms with Gasteiger partial charge in [0.05, 0.1) is 13.2 Å². The lowest BCUT2D eigenvalue weighted by Crippen LogP contribution is -2.38. The number of benzene rings is 2. The molecular weight excluding hydrogens is 370 g/mol. The van der Waals surface area contributed by atoms with Gasteiger partial charge in [0.2, 0.25) is 0 Å². The Bertz CT molecular complexity index is 973. The topological polar surface area (TPSA) is 68.2 Å². The van der Waals surface area contributed by atoms with Gasteiger partial charge in [-0.05, 0) is 32.9 Å². The number of esters is 1. The number of hydrogen-bond acceptors (Lipinski definition) is 6. The first-order valence-corrected chi connectivity index (χ1v) is 10.0. The highest BCUT2D eigenvalue weighted by Gasteiger charge is 2.31. The highest BCUT2D eigenvalue weighted by atomic mass is 16.5. The molecule has 1 N–H and O–H groups in total. The molecule has 2 heterocycles. The summed E-state index contributed by atoms with van der Waals surface area (Å²) in [7, 11) is 0. The largest absolute Gasteiger partial charge is 0.506 e. The molecule has 0 saturated carbocycles. The molecule has 0 unspecified atom stereocenters. The molecule has 1 fully saturated rings. The fourth-order valence-corrected chi connectivity index (χ4v) is 3.79. The van der Waals surface area contributed by atoms with Gasteiger partial charge in [-0.3, -0.25) is 4.90 Å². The van der Waals surface area contributed by atoms with E-state index in [9.17, 15) is 9.90 Å². The second-order valence-corrected chi connectivity index (χ2v) is 8.14. The Morgan fingerprint density at radius 3 is 2.76 bits per heavy atom. The van der Waals surface area contributed by atoms with Crippen LogP contribution in [0.1, 0.15) is 35.3 Å². The molecule has 4 rings (SSSR count). The molecule has 0 amide bonds. The lowest BCUT2D eigenvalue weighted by Gasteiger charge is -2.30. The number of carbonyl (C=O) groups excluding carboxylic acids is 1. The fourth-order valence-electron chi connectivity index (χ4n) is 3.79. The van der Waals surface area contributed by atoms with E-state index in [4.69, 9.17) is 14.2 Å². The summed E-state index contributed by atoms with van der Waals surface area (Å²) in [6.07, 6.45) is 3.73. The summed E-state index contributed by atoms with van der Waals surface area (Å²) in [5.74, 6) is 0.000537. The summed E-state index contributed by atoms with van der Waals surface area (Å²) < 4.78 is 17.1. The van der Waals surface area contributed by atoms with Crippen LogP contribution in [0.2, 0.25) is 0 Å².